The van der Waals surface area contributed by atoms with Gasteiger partial charge in [-0.15, -0.1) is 0 Å². The van der Waals surface area contributed by atoms with Gasteiger partial charge in [0, 0.05) is 61.8 Å². The van der Waals surface area contributed by atoms with Gasteiger partial charge in [-0.3, -0.25) is 14.6 Å². The number of aryl methyl sites for hydroxylation is 1. The minimum atomic E-state index is 0.181. The van der Waals surface area contributed by atoms with Crippen molar-refractivity contribution in [2.45, 2.75) is 45.4 Å². The van der Waals surface area contributed by atoms with Crippen LogP contribution in [0.15, 0.2) is 97.4 Å². The Morgan fingerprint density at radius 1 is 1.22 bits per heavy atom. The van der Waals surface area contributed by atoms with Crippen molar-refractivity contribution in [3.63, 3.8) is 0 Å². The first-order chi connectivity index (χ1) is 17.6. The molecule has 1 aromatic carbocycles. The largest absolute Gasteiger partial charge is 0.390 e. The average Bonchev–Trinajstić information content (AvgIpc) is 3.28. The van der Waals surface area contributed by atoms with Crippen molar-refractivity contribution < 1.29 is 0 Å². The number of hydrogen-bond donors (Lipinski definition) is 2. The summed E-state index contributed by atoms with van der Waals surface area (Å²) in [4.78, 5) is 9.54. The van der Waals surface area contributed by atoms with Crippen molar-refractivity contribution in [3.05, 3.63) is 120 Å². The highest BCUT2D eigenvalue weighted by molar-refractivity contribution is 5.46. The van der Waals surface area contributed by atoms with Crippen LogP contribution in [0, 0.1) is 6.92 Å². The number of nitrogens with one attached hydrogen (secondary N) is 2. The maximum absolute atomic E-state index is 5.01. The molecule has 36 heavy (non-hydrogen) atoms. The van der Waals surface area contributed by atoms with Crippen LogP contribution in [-0.2, 0) is 6.42 Å². The first-order valence-corrected chi connectivity index (χ1v) is 12.9. The van der Waals surface area contributed by atoms with Gasteiger partial charge >= 0.3 is 0 Å². The molecule has 1 aliphatic carbocycles. The third kappa shape index (κ3) is 6.06. The van der Waals surface area contributed by atoms with E-state index < -0.39 is 0 Å². The van der Waals surface area contributed by atoms with Gasteiger partial charge in [-0.1, -0.05) is 62.6 Å². The molecule has 1 fully saturated rings. The Kier molecular flexibility index (Phi) is 8.61. The standard InChI is InChI=1S/C30H38N6/c1-5-17-35(18-16-31-6-2)36-24(4)22-32-14-15-33-29(20-25-10-8-7-9-11-25)30(36)26-12-13-28-27(21-26)19-23(3)34-28/h6-11,13-15,21-22,26,31,34H,2-3,5,12,16-20H2,1,4H3. The molecule has 6 nitrogen and oxygen atoms in total. The van der Waals surface area contributed by atoms with E-state index in [1.165, 1.54) is 22.5 Å². The highest BCUT2D eigenvalue weighted by atomic mass is 15.6. The van der Waals surface area contributed by atoms with Gasteiger partial charge in [0.1, 0.15) is 0 Å². The second kappa shape index (κ2) is 12.2. The zero-order chi connectivity index (χ0) is 25.3. The smallest absolute Gasteiger partial charge is 0.0689 e. The van der Waals surface area contributed by atoms with Crippen molar-refractivity contribution in [2.75, 3.05) is 24.6 Å². The lowest BCUT2D eigenvalue weighted by molar-refractivity contribution is 0.521. The molecular formula is C30H38N6. The van der Waals surface area contributed by atoms with E-state index in [4.69, 9.17) is 4.98 Å². The fraction of sp³-hybridized carbons (Fsp3) is 0.333. The molecule has 1 aromatic heterocycles. The molecule has 6 heteroatoms. The fourth-order valence-electron chi connectivity index (χ4n) is 5.00. The molecule has 1 saturated heterocycles. The molecule has 1 atom stereocenters. The summed E-state index contributed by atoms with van der Waals surface area (Å²) in [6.07, 6.45) is 15.6. The summed E-state index contributed by atoms with van der Waals surface area (Å²) in [6, 6.07) is 10.6. The first-order valence-electron chi connectivity index (χ1n) is 12.9. The van der Waals surface area contributed by atoms with E-state index in [0.29, 0.717) is 0 Å². The van der Waals surface area contributed by atoms with E-state index in [2.05, 4.69) is 94.8 Å². The second-order valence-electron chi connectivity index (χ2n) is 9.32. The highest BCUT2D eigenvalue weighted by Crippen LogP contribution is 2.37. The number of allylic oxidation sites excluding steroid dienone is 4. The summed E-state index contributed by atoms with van der Waals surface area (Å²) >= 11 is 0. The average molecular weight is 483 g/mol. The number of hydrogen-bond acceptors (Lipinski definition) is 5. The number of nitrogens with zero attached hydrogens (tertiary/aromatic N) is 4. The molecule has 0 bridgehead atoms. The molecule has 2 aromatic rings. The molecule has 4 rings (SSSR count). The molecule has 2 heterocycles. The fourth-order valence-corrected chi connectivity index (χ4v) is 5.00. The molecule has 1 unspecified atom stereocenters. The summed E-state index contributed by atoms with van der Waals surface area (Å²) in [7, 11) is 0. The van der Waals surface area contributed by atoms with Crippen molar-refractivity contribution in [2.24, 2.45) is 0 Å². The summed E-state index contributed by atoms with van der Waals surface area (Å²) in [6.45, 7) is 14.9. The van der Waals surface area contributed by atoms with Crippen LogP contribution in [0.1, 0.15) is 54.7 Å². The molecule has 1 aliphatic heterocycles. The normalized spacial score (nSPS) is 16.3. The van der Waals surface area contributed by atoms with Crippen LogP contribution < -0.4 is 15.6 Å². The van der Waals surface area contributed by atoms with Gasteiger partial charge < -0.3 is 15.6 Å². The quantitative estimate of drug-likeness (QED) is 0.457. The van der Waals surface area contributed by atoms with Gasteiger partial charge in [0.25, 0.3) is 0 Å². The van der Waals surface area contributed by atoms with Crippen molar-refractivity contribution in [1.82, 2.24) is 25.3 Å². The van der Waals surface area contributed by atoms with Gasteiger partial charge in [0.15, 0.2) is 0 Å². The van der Waals surface area contributed by atoms with E-state index in [0.717, 1.165) is 62.4 Å². The Bertz CT molecular complexity index is 1190. The predicted molar refractivity (Wildman–Crippen MR) is 148 cm³/mol. The Morgan fingerprint density at radius 3 is 2.83 bits per heavy atom. The minimum absolute atomic E-state index is 0.181. The minimum Gasteiger partial charge on any atom is -0.390 e. The molecule has 0 saturated carbocycles. The molecule has 0 amide bonds. The van der Waals surface area contributed by atoms with Crippen molar-refractivity contribution >= 4 is 0 Å². The third-order valence-corrected chi connectivity index (χ3v) is 6.53. The maximum atomic E-state index is 5.01. The van der Waals surface area contributed by atoms with Crippen LogP contribution in [-0.4, -0.2) is 34.3 Å². The van der Waals surface area contributed by atoms with E-state index >= 15 is 0 Å². The van der Waals surface area contributed by atoms with E-state index in [-0.39, 0.29) is 5.92 Å². The molecule has 2 N–H and O–H groups in total. The van der Waals surface area contributed by atoms with Crippen LogP contribution in [0.2, 0.25) is 0 Å². The summed E-state index contributed by atoms with van der Waals surface area (Å²) in [5, 5.41) is 9.13. The number of fused-ring (bicyclic) bond motifs is 1. The first kappa shape index (κ1) is 25.3. The number of aromatic nitrogens is 3. The van der Waals surface area contributed by atoms with Gasteiger partial charge in [0.2, 0.25) is 0 Å². The van der Waals surface area contributed by atoms with E-state index in [9.17, 15) is 0 Å². The van der Waals surface area contributed by atoms with Crippen molar-refractivity contribution in [1.29, 1.82) is 0 Å². The van der Waals surface area contributed by atoms with Crippen LogP contribution >= 0.6 is 0 Å². The van der Waals surface area contributed by atoms with Gasteiger partial charge in [-0.05, 0) is 37.1 Å². The van der Waals surface area contributed by atoms with Crippen LogP contribution in [0.3, 0.4) is 0 Å². The van der Waals surface area contributed by atoms with Crippen LogP contribution in [0.5, 0.6) is 0 Å². The zero-order valence-corrected chi connectivity index (χ0v) is 21.6. The predicted octanol–water partition coefficient (Wildman–Crippen LogP) is 5.19. The lowest BCUT2D eigenvalue weighted by Crippen LogP contribution is -2.42. The van der Waals surface area contributed by atoms with Gasteiger partial charge in [-0.2, -0.15) is 0 Å². The van der Waals surface area contributed by atoms with Crippen LogP contribution in [0.4, 0.5) is 0 Å². The molecule has 0 radical (unpaired) electrons. The Hall–Kier alpha value is -3.80. The zero-order valence-electron chi connectivity index (χ0n) is 21.6. The Balaban J connectivity index is 1.93. The van der Waals surface area contributed by atoms with E-state index in [1.54, 1.807) is 12.4 Å². The molecule has 0 spiro atoms. The monoisotopic (exact) mass is 482 g/mol. The van der Waals surface area contributed by atoms with Crippen molar-refractivity contribution in [3.8, 4) is 0 Å². The molecule has 188 valence electrons. The SMILES string of the molecule is C=CNCCN(CCC)n1c(C)cnccnc(Cc2ccccc2)c1C1C=C2CC(=C)NC2=CC1. The van der Waals surface area contributed by atoms with Crippen LogP contribution in [0.25, 0.3) is 0 Å². The lowest BCUT2D eigenvalue weighted by Gasteiger charge is -2.34. The lowest BCUT2D eigenvalue weighted by atomic mass is 9.89. The second-order valence-corrected chi connectivity index (χ2v) is 9.32. The van der Waals surface area contributed by atoms with Gasteiger partial charge in [-0.25, -0.2) is 0 Å². The van der Waals surface area contributed by atoms with Gasteiger partial charge in [0.05, 0.1) is 23.6 Å². The number of rotatable bonds is 10. The highest BCUT2D eigenvalue weighted by Gasteiger charge is 2.27. The maximum Gasteiger partial charge on any atom is 0.0689 e. The summed E-state index contributed by atoms with van der Waals surface area (Å²) in [5.74, 6) is 0.181. The Morgan fingerprint density at radius 2 is 2.06 bits per heavy atom. The number of benzene rings is 1. The topological polar surface area (TPSA) is 58.0 Å². The third-order valence-electron chi connectivity index (χ3n) is 6.53. The summed E-state index contributed by atoms with van der Waals surface area (Å²) in [5.41, 5.74) is 8.17. The molecule has 2 aliphatic rings. The Labute approximate surface area is 215 Å². The molecular weight excluding hydrogens is 444 g/mol. The summed E-state index contributed by atoms with van der Waals surface area (Å²) < 4.78 is 2.38. The van der Waals surface area contributed by atoms with E-state index in [1.807, 2.05) is 12.4 Å².